The van der Waals surface area contributed by atoms with Crippen LogP contribution in [0.25, 0.3) is 0 Å². The van der Waals surface area contributed by atoms with Gasteiger partial charge in [0.05, 0.1) is 6.54 Å². The molecule has 102 valence electrons. The molecule has 0 bridgehead atoms. The van der Waals surface area contributed by atoms with Crippen molar-refractivity contribution < 1.29 is 4.52 Å². The summed E-state index contributed by atoms with van der Waals surface area (Å²) in [6.07, 6.45) is 0. The largest absolute Gasteiger partial charge is 0.367 e. The number of rotatable bonds is 4. The van der Waals surface area contributed by atoms with Crippen LogP contribution in [-0.2, 0) is 6.54 Å². The Bertz CT molecular complexity index is 566. The van der Waals surface area contributed by atoms with Crippen LogP contribution >= 0.6 is 15.9 Å². The van der Waals surface area contributed by atoms with E-state index >= 15 is 0 Å². The summed E-state index contributed by atoms with van der Waals surface area (Å²) in [6, 6.07) is 6.25. The van der Waals surface area contributed by atoms with Gasteiger partial charge in [-0.15, -0.1) is 0 Å². The van der Waals surface area contributed by atoms with E-state index in [0.29, 0.717) is 18.3 Å². The summed E-state index contributed by atoms with van der Waals surface area (Å²) in [6.45, 7) is 6.79. The van der Waals surface area contributed by atoms with Crippen molar-refractivity contribution in [2.75, 3.05) is 11.9 Å². The lowest BCUT2D eigenvalue weighted by molar-refractivity contribution is 0.360. The Hall–Kier alpha value is -1.36. The van der Waals surface area contributed by atoms with Crippen LogP contribution < -0.4 is 4.90 Å². The summed E-state index contributed by atoms with van der Waals surface area (Å²) in [5, 5.41) is 4.01. The molecule has 0 radical (unpaired) electrons. The van der Waals surface area contributed by atoms with Gasteiger partial charge in [0.25, 0.3) is 0 Å². The van der Waals surface area contributed by atoms with Crippen LogP contribution in [0.5, 0.6) is 0 Å². The minimum absolute atomic E-state index is 0.265. The molecular weight excluding hydrogens is 306 g/mol. The van der Waals surface area contributed by atoms with Crippen LogP contribution in [0.4, 0.5) is 5.69 Å². The van der Waals surface area contributed by atoms with Crippen LogP contribution in [0.3, 0.4) is 0 Å². The predicted molar refractivity (Wildman–Crippen MR) is 79.4 cm³/mol. The van der Waals surface area contributed by atoms with Crippen molar-refractivity contribution in [1.29, 1.82) is 0 Å². The van der Waals surface area contributed by atoms with Gasteiger partial charge in [0, 0.05) is 23.1 Å². The summed E-state index contributed by atoms with van der Waals surface area (Å²) in [5.74, 6) is 1.67. The molecule has 1 heterocycles. The van der Waals surface area contributed by atoms with Gasteiger partial charge in [-0.05, 0) is 30.7 Å². The number of aromatic nitrogens is 2. The summed E-state index contributed by atoms with van der Waals surface area (Å²) in [7, 11) is 2.02. The molecule has 0 atom stereocenters. The Balaban J connectivity index is 2.11. The highest BCUT2D eigenvalue weighted by Crippen LogP contribution is 2.23. The summed E-state index contributed by atoms with van der Waals surface area (Å²) >= 11 is 3.51. The minimum Gasteiger partial charge on any atom is -0.367 e. The Morgan fingerprint density at radius 3 is 2.68 bits per heavy atom. The quantitative estimate of drug-likeness (QED) is 0.855. The Morgan fingerprint density at radius 2 is 2.11 bits per heavy atom. The Morgan fingerprint density at radius 1 is 1.37 bits per heavy atom. The van der Waals surface area contributed by atoms with Crippen molar-refractivity contribution in [2.45, 2.75) is 33.2 Å². The van der Waals surface area contributed by atoms with Crippen LogP contribution in [-0.4, -0.2) is 17.2 Å². The van der Waals surface area contributed by atoms with Crippen molar-refractivity contribution in [2.24, 2.45) is 0 Å². The third kappa shape index (κ3) is 3.35. The van der Waals surface area contributed by atoms with Gasteiger partial charge in [0.1, 0.15) is 0 Å². The first kappa shape index (κ1) is 14.1. The van der Waals surface area contributed by atoms with Gasteiger partial charge in [0.2, 0.25) is 5.89 Å². The van der Waals surface area contributed by atoms with Gasteiger partial charge in [-0.25, -0.2) is 0 Å². The molecule has 0 N–H and O–H groups in total. The molecule has 19 heavy (non-hydrogen) atoms. The first-order chi connectivity index (χ1) is 8.97. The molecule has 0 fully saturated rings. The second-order valence-electron chi connectivity index (χ2n) is 4.99. The fraction of sp³-hybridized carbons (Fsp3) is 0.429. The number of aryl methyl sites for hydroxylation is 1. The van der Waals surface area contributed by atoms with Crippen LogP contribution in [0, 0.1) is 6.92 Å². The maximum atomic E-state index is 5.21. The molecule has 2 rings (SSSR count). The number of benzene rings is 1. The molecule has 0 saturated carbocycles. The topological polar surface area (TPSA) is 42.2 Å². The van der Waals surface area contributed by atoms with Crippen LogP contribution in [0.2, 0.25) is 0 Å². The number of halogens is 1. The lowest BCUT2D eigenvalue weighted by Gasteiger charge is -2.18. The minimum atomic E-state index is 0.265. The molecule has 0 aliphatic heterocycles. The van der Waals surface area contributed by atoms with Crippen molar-refractivity contribution in [1.82, 2.24) is 10.1 Å². The molecule has 0 aliphatic rings. The van der Waals surface area contributed by atoms with Gasteiger partial charge in [-0.3, -0.25) is 0 Å². The van der Waals surface area contributed by atoms with Gasteiger partial charge < -0.3 is 9.42 Å². The van der Waals surface area contributed by atoms with Crippen molar-refractivity contribution in [3.63, 3.8) is 0 Å². The van der Waals surface area contributed by atoms with Crippen molar-refractivity contribution >= 4 is 21.6 Å². The first-order valence-corrected chi connectivity index (χ1v) is 7.06. The molecule has 0 amide bonds. The molecule has 0 unspecified atom stereocenters. The summed E-state index contributed by atoms with van der Waals surface area (Å²) in [5.41, 5.74) is 2.34. The Kier molecular flexibility index (Phi) is 4.24. The van der Waals surface area contributed by atoms with E-state index < -0.39 is 0 Å². The molecule has 5 heteroatoms. The third-order valence-electron chi connectivity index (χ3n) is 2.94. The fourth-order valence-electron chi connectivity index (χ4n) is 1.74. The summed E-state index contributed by atoms with van der Waals surface area (Å²) < 4.78 is 6.33. The van der Waals surface area contributed by atoms with E-state index in [1.54, 1.807) is 0 Å². The monoisotopic (exact) mass is 323 g/mol. The van der Waals surface area contributed by atoms with E-state index in [1.807, 2.05) is 20.9 Å². The van der Waals surface area contributed by atoms with Crippen molar-refractivity contribution in [3.8, 4) is 0 Å². The summed E-state index contributed by atoms with van der Waals surface area (Å²) in [4.78, 5) is 6.49. The third-order valence-corrected chi connectivity index (χ3v) is 3.83. The molecule has 0 spiro atoms. The van der Waals surface area contributed by atoms with Crippen LogP contribution in [0.1, 0.15) is 37.0 Å². The van der Waals surface area contributed by atoms with E-state index in [2.05, 4.69) is 56.1 Å². The number of hydrogen-bond donors (Lipinski definition) is 0. The number of hydrogen-bond acceptors (Lipinski definition) is 4. The zero-order valence-corrected chi connectivity index (χ0v) is 13.2. The molecular formula is C14H18BrN3O. The maximum Gasteiger partial charge on any atom is 0.229 e. The average Bonchev–Trinajstić information content (AvgIpc) is 2.81. The van der Waals surface area contributed by atoms with Gasteiger partial charge in [-0.2, -0.15) is 4.98 Å². The normalized spacial score (nSPS) is 11.1. The van der Waals surface area contributed by atoms with Gasteiger partial charge in [0.15, 0.2) is 5.82 Å². The van der Waals surface area contributed by atoms with Crippen molar-refractivity contribution in [3.05, 3.63) is 40.0 Å². The maximum absolute atomic E-state index is 5.21. The van der Waals surface area contributed by atoms with E-state index in [4.69, 9.17) is 4.52 Å². The molecule has 0 aliphatic carbocycles. The number of nitrogens with zero attached hydrogens (tertiary/aromatic N) is 3. The molecule has 4 nitrogen and oxygen atoms in total. The molecule has 1 aromatic heterocycles. The zero-order chi connectivity index (χ0) is 14.0. The highest BCUT2D eigenvalue weighted by molar-refractivity contribution is 9.10. The second-order valence-corrected chi connectivity index (χ2v) is 5.85. The SMILES string of the molecule is Cc1cc(N(C)Cc2noc(C(C)C)n2)ccc1Br. The zero-order valence-electron chi connectivity index (χ0n) is 11.6. The van der Waals surface area contributed by atoms with Gasteiger partial charge in [-0.1, -0.05) is 34.9 Å². The highest BCUT2D eigenvalue weighted by Gasteiger charge is 2.12. The smallest absolute Gasteiger partial charge is 0.229 e. The van der Waals surface area contributed by atoms with Gasteiger partial charge >= 0.3 is 0 Å². The van der Waals surface area contributed by atoms with E-state index in [1.165, 1.54) is 5.56 Å². The molecule has 1 aromatic carbocycles. The van der Waals surface area contributed by atoms with E-state index in [0.717, 1.165) is 10.2 Å². The average molecular weight is 324 g/mol. The first-order valence-electron chi connectivity index (χ1n) is 6.27. The fourth-order valence-corrected chi connectivity index (χ4v) is 1.98. The number of anilines is 1. The van der Waals surface area contributed by atoms with E-state index in [9.17, 15) is 0 Å². The highest BCUT2D eigenvalue weighted by atomic mass is 79.9. The second kappa shape index (κ2) is 5.74. The molecule has 0 saturated heterocycles. The predicted octanol–water partition coefficient (Wildman–Crippen LogP) is 3.90. The Labute approximate surface area is 121 Å². The lowest BCUT2D eigenvalue weighted by Crippen LogP contribution is -2.17. The molecule has 2 aromatic rings. The lowest BCUT2D eigenvalue weighted by atomic mass is 10.2. The standard InChI is InChI=1S/C14H18BrN3O/c1-9(2)14-16-13(17-19-14)8-18(4)11-5-6-12(15)10(3)7-11/h5-7,9H,8H2,1-4H3. The van der Waals surface area contributed by atoms with Crippen LogP contribution in [0.15, 0.2) is 27.2 Å². The van der Waals surface area contributed by atoms with E-state index in [-0.39, 0.29) is 5.92 Å².